The second-order valence-corrected chi connectivity index (χ2v) is 3.72. The molecule has 0 amide bonds. The smallest absolute Gasteiger partial charge is 0.383 e. The monoisotopic (exact) mass is 259 g/mol. The maximum atomic E-state index is 12.4. The minimum absolute atomic E-state index is 0.540. The molecule has 0 saturated heterocycles. The highest BCUT2D eigenvalue weighted by Gasteiger charge is 2.30. The minimum Gasteiger partial charge on any atom is -0.383 e. The Balaban J connectivity index is 2.49. The lowest BCUT2D eigenvalue weighted by molar-refractivity contribution is -0.137. The summed E-state index contributed by atoms with van der Waals surface area (Å²) in [6, 6.07) is 5.24. The predicted octanol–water partition coefficient (Wildman–Crippen LogP) is 2.95. The van der Waals surface area contributed by atoms with Crippen LogP contribution >= 0.6 is 0 Å². The number of halogens is 3. The van der Waals surface area contributed by atoms with Crippen molar-refractivity contribution in [3.8, 4) is 0 Å². The molecule has 0 spiro atoms. The Morgan fingerprint density at radius 2 is 2.11 bits per heavy atom. The van der Waals surface area contributed by atoms with Crippen LogP contribution in [0.4, 0.5) is 13.2 Å². The van der Waals surface area contributed by atoms with E-state index in [9.17, 15) is 13.2 Å². The van der Waals surface area contributed by atoms with Crippen molar-refractivity contribution in [2.75, 3.05) is 26.8 Å². The van der Waals surface area contributed by atoms with Crippen LogP contribution in [0.15, 0.2) is 30.3 Å². The molecule has 0 aliphatic carbocycles. The van der Waals surface area contributed by atoms with Gasteiger partial charge in [0.2, 0.25) is 0 Å². The lowest BCUT2D eigenvalue weighted by Crippen LogP contribution is -2.18. The van der Waals surface area contributed by atoms with Crippen LogP contribution in [-0.2, 0) is 10.9 Å². The fourth-order valence-corrected chi connectivity index (χ4v) is 1.37. The first kappa shape index (κ1) is 14.7. The van der Waals surface area contributed by atoms with Crippen molar-refractivity contribution in [2.24, 2.45) is 0 Å². The molecule has 1 rings (SSSR count). The molecule has 100 valence electrons. The van der Waals surface area contributed by atoms with E-state index in [1.807, 2.05) is 0 Å². The van der Waals surface area contributed by atoms with E-state index in [0.717, 1.165) is 12.1 Å². The number of methoxy groups -OCH3 is 1. The molecule has 18 heavy (non-hydrogen) atoms. The van der Waals surface area contributed by atoms with E-state index in [1.165, 1.54) is 6.07 Å². The first-order valence-corrected chi connectivity index (χ1v) is 5.57. The Labute approximate surface area is 104 Å². The molecule has 5 heteroatoms. The molecule has 0 aromatic heterocycles. The Hall–Kier alpha value is -1.33. The zero-order valence-corrected chi connectivity index (χ0v) is 10.1. The second-order valence-electron chi connectivity index (χ2n) is 3.72. The third-order valence-electron chi connectivity index (χ3n) is 2.27. The topological polar surface area (TPSA) is 21.3 Å². The maximum Gasteiger partial charge on any atom is 0.416 e. The summed E-state index contributed by atoms with van der Waals surface area (Å²) >= 11 is 0. The van der Waals surface area contributed by atoms with Crippen molar-refractivity contribution in [3.05, 3.63) is 41.5 Å². The van der Waals surface area contributed by atoms with Crippen LogP contribution in [0.2, 0.25) is 0 Å². The summed E-state index contributed by atoms with van der Waals surface area (Å²) in [5, 5.41) is 3.07. The summed E-state index contributed by atoms with van der Waals surface area (Å²) in [5.74, 6) is 0. The van der Waals surface area contributed by atoms with Crippen LogP contribution in [0.3, 0.4) is 0 Å². The van der Waals surface area contributed by atoms with E-state index >= 15 is 0 Å². The summed E-state index contributed by atoms with van der Waals surface area (Å²) < 4.78 is 42.2. The van der Waals surface area contributed by atoms with Crippen LogP contribution < -0.4 is 5.32 Å². The summed E-state index contributed by atoms with van der Waals surface area (Å²) in [6.45, 7) is 1.92. The molecular weight excluding hydrogens is 243 g/mol. The van der Waals surface area contributed by atoms with Gasteiger partial charge in [0.15, 0.2) is 0 Å². The molecule has 1 aromatic rings. The predicted molar refractivity (Wildman–Crippen MR) is 65.2 cm³/mol. The summed E-state index contributed by atoms with van der Waals surface area (Å²) in [5.41, 5.74) is -0.0876. The number of ether oxygens (including phenoxy) is 1. The molecule has 0 heterocycles. The molecule has 0 saturated carbocycles. The molecule has 1 aromatic carbocycles. The fraction of sp³-hybridized carbons (Fsp3) is 0.385. The lowest BCUT2D eigenvalue weighted by atomic mass is 10.1. The second kappa shape index (κ2) is 7.18. The highest BCUT2D eigenvalue weighted by atomic mass is 19.4. The van der Waals surface area contributed by atoms with Crippen LogP contribution in [0, 0.1) is 0 Å². The summed E-state index contributed by atoms with van der Waals surface area (Å²) in [4.78, 5) is 0. The molecule has 0 atom stereocenters. The van der Waals surface area contributed by atoms with Crippen molar-refractivity contribution in [2.45, 2.75) is 6.18 Å². The molecular formula is C13H16F3NO. The van der Waals surface area contributed by atoms with Gasteiger partial charge in [-0.15, -0.1) is 0 Å². The van der Waals surface area contributed by atoms with Gasteiger partial charge in [0.25, 0.3) is 0 Å². The van der Waals surface area contributed by atoms with Gasteiger partial charge in [-0.25, -0.2) is 0 Å². The van der Waals surface area contributed by atoms with E-state index in [2.05, 4.69) is 5.32 Å². The van der Waals surface area contributed by atoms with Crippen LogP contribution in [-0.4, -0.2) is 26.8 Å². The van der Waals surface area contributed by atoms with Gasteiger partial charge in [0.1, 0.15) is 0 Å². The van der Waals surface area contributed by atoms with Gasteiger partial charge in [-0.2, -0.15) is 13.2 Å². The number of alkyl halides is 3. The molecule has 0 fully saturated rings. The number of rotatable bonds is 6. The van der Waals surface area contributed by atoms with E-state index in [1.54, 1.807) is 25.3 Å². The Bertz CT molecular complexity index is 388. The Morgan fingerprint density at radius 1 is 1.33 bits per heavy atom. The first-order valence-electron chi connectivity index (χ1n) is 5.57. The zero-order chi connectivity index (χ0) is 13.4. The standard InChI is InChI=1S/C13H16F3NO/c1-18-9-8-17-7-3-5-11-4-2-6-12(10-11)13(14,15)16/h2-6,10,17H,7-9H2,1H3. The summed E-state index contributed by atoms with van der Waals surface area (Å²) in [6.07, 6.45) is -0.846. The number of nitrogens with one attached hydrogen (secondary N) is 1. The largest absolute Gasteiger partial charge is 0.416 e. The van der Waals surface area contributed by atoms with Gasteiger partial charge in [0, 0.05) is 20.2 Å². The molecule has 0 unspecified atom stereocenters. The summed E-state index contributed by atoms with van der Waals surface area (Å²) in [7, 11) is 1.61. The average molecular weight is 259 g/mol. The number of hydrogen-bond donors (Lipinski definition) is 1. The van der Waals surface area contributed by atoms with Gasteiger partial charge < -0.3 is 10.1 Å². The van der Waals surface area contributed by atoms with Gasteiger partial charge in [-0.3, -0.25) is 0 Å². The van der Waals surface area contributed by atoms with E-state index in [-0.39, 0.29) is 0 Å². The highest BCUT2D eigenvalue weighted by molar-refractivity contribution is 5.50. The first-order chi connectivity index (χ1) is 8.54. The van der Waals surface area contributed by atoms with Crippen molar-refractivity contribution < 1.29 is 17.9 Å². The van der Waals surface area contributed by atoms with Gasteiger partial charge in [0.05, 0.1) is 12.2 Å². The van der Waals surface area contributed by atoms with Gasteiger partial charge >= 0.3 is 6.18 Å². The normalized spacial score (nSPS) is 12.2. The van der Waals surface area contributed by atoms with Crippen molar-refractivity contribution in [1.82, 2.24) is 5.32 Å². The lowest BCUT2D eigenvalue weighted by Gasteiger charge is -2.06. The number of benzene rings is 1. The molecule has 2 nitrogen and oxygen atoms in total. The van der Waals surface area contributed by atoms with E-state index in [0.29, 0.717) is 25.3 Å². The molecule has 0 aliphatic rings. The highest BCUT2D eigenvalue weighted by Crippen LogP contribution is 2.29. The van der Waals surface area contributed by atoms with Gasteiger partial charge in [-0.05, 0) is 17.7 Å². The van der Waals surface area contributed by atoms with Crippen molar-refractivity contribution >= 4 is 6.08 Å². The zero-order valence-electron chi connectivity index (χ0n) is 10.1. The van der Waals surface area contributed by atoms with Gasteiger partial charge in [-0.1, -0.05) is 24.3 Å². The van der Waals surface area contributed by atoms with E-state index in [4.69, 9.17) is 4.74 Å². The molecule has 1 N–H and O–H groups in total. The quantitative estimate of drug-likeness (QED) is 0.793. The molecule has 0 radical (unpaired) electrons. The van der Waals surface area contributed by atoms with Crippen molar-refractivity contribution in [3.63, 3.8) is 0 Å². The van der Waals surface area contributed by atoms with Crippen LogP contribution in [0.1, 0.15) is 11.1 Å². The van der Waals surface area contributed by atoms with E-state index < -0.39 is 11.7 Å². The third-order valence-corrected chi connectivity index (χ3v) is 2.27. The minimum atomic E-state index is -4.29. The maximum absolute atomic E-state index is 12.4. The third kappa shape index (κ3) is 5.33. The molecule has 0 aliphatic heterocycles. The number of hydrogen-bond acceptors (Lipinski definition) is 2. The van der Waals surface area contributed by atoms with Crippen LogP contribution in [0.25, 0.3) is 6.08 Å². The Kier molecular flexibility index (Phi) is 5.88. The SMILES string of the molecule is COCCNCC=Cc1cccc(C(F)(F)F)c1. The average Bonchev–Trinajstić information content (AvgIpc) is 2.33. The molecule has 0 bridgehead atoms. The van der Waals surface area contributed by atoms with Crippen molar-refractivity contribution in [1.29, 1.82) is 0 Å². The Morgan fingerprint density at radius 3 is 2.78 bits per heavy atom. The van der Waals surface area contributed by atoms with Crippen LogP contribution in [0.5, 0.6) is 0 Å². The fourth-order valence-electron chi connectivity index (χ4n) is 1.37.